The zero-order chi connectivity index (χ0) is 13.7. The van der Waals surface area contributed by atoms with E-state index in [-0.39, 0.29) is 12.0 Å². The summed E-state index contributed by atoms with van der Waals surface area (Å²) in [7, 11) is 0. The molecule has 1 fully saturated rings. The Bertz CT molecular complexity index is 450. The molecule has 3 nitrogen and oxygen atoms in total. The van der Waals surface area contributed by atoms with Crippen LogP contribution in [0.3, 0.4) is 0 Å². The Hall–Kier alpha value is -1.61. The molecule has 1 saturated carbocycles. The van der Waals surface area contributed by atoms with Crippen molar-refractivity contribution in [2.75, 3.05) is 6.54 Å². The molecule has 1 amide bonds. The van der Waals surface area contributed by atoms with Crippen LogP contribution >= 0.6 is 0 Å². The van der Waals surface area contributed by atoms with Crippen molar-refractivity contribution in [2.24, 2.45) is 5.92 Å². The number of rotatable bonds is 4. The molecule has 2 atom stereocenters. The molecule has 3 heteroatoms. The maximum atomic E-state index is 11.7. The number of carbonyl (C=O) groups is 1. The van der Waals surface area contributed by atoms with Crippen molar-refractivity contribution in [2.45, 2.75) is 32.3 Å². The number of aliphatic hydroxyl groups is 1. The fraction of sp³-hybridized carbons (Fsp3) is 0.438. The van der Waals surface area contributed by atoms with Crippen molar-refractivity contribution < 1.29 is 9.90 Å². The first-order valence-electron chi connectivity index (χ1n) is 6.84. The minimum Gasteiger partial charge on any atom is -0.393 e. The van der Waals surface area contributed by atoms with Crippen LogP contribution in [0.4, 0.5) is 0 Å². The van der Waals surface area contributed by atoms with Crippen molar-refractivity contribution in [1.82, 2.24) is 5.32 Å². The number of benzene rings is 1. The topological polar surface area (TPSA) is 49.3 Å². The van der Waals surface area contributed by atoms with Gasteiger partial charge < -0.3 is 10.4 Å². The van der Waals surface area contributed by atoms with Crippen molar-refractivity contribution >= 4 is 12.0 Å². The number of nitrogens with one attached hydrogen (secondary N) is 1. The highest BCUT2D eigenvalue weighted by atomic mass is 16.3. The number of hydrogen-bond acceptors (Lipinski definition) is 2. The van der Waals surface area contributed by atoms with Crippen LogP contribution in [-0.2, 0) is 4.79 Å². The van der Waals surface area contributed by atoms with Gasteiger partial charge in [0.25, 0.3) is 0 Å². The number of hydrogen-bond donors (Lipinski definition) is 2. The molecule has 2 N–H and O–H groups in total. The second-order valence-corrected chi connectivity index (χ2v) is 5.32. The lowest BCUT2D eigenvalue weighted by atomic mass is 10.1. The zero-order valence-electron chi connectivity index (χ0n) is 11.3. The highest BCUT2D eigenvalue weighted by molar-refractivity contribution is 5.91. The summed E-state index contributed by atoms with van der Waals surface area (Å²) >= 11 is 0. The highest BCUT2D eigenvalue weighted by Gasteiger charge is 2.22. The van der Waals surface area contributed by atoms with Crippen LogP contribution in [0.15, 0.2) is 30.3 Å². The van der Waals surface area contributed by atoms with Gasteiger partial charge in [0.05, 0.1) is 6.10 Å². The Morgan fingerprint density at radius 1 is 1.37 bits per heavy atom. The first-order valence-corrected chi connectivity index (χ1v) is 6.84. The molecule has 0 bridgehead atoms. The van der Waals surface area contributed by atoms with Crippen LogP contribution in [0.25, 0.3) is 6.08 Å². The monoisotopic (exact) mass is 259 g/mol. The summed E-state index contributed by atoms with van der Waals surface area (Å²) in [5.41, 5.74) is 2.23. The van der Waals surface area contributed by atoms with E-state index in [0.717, 1.165) is 24.8 Å². The Morgan fingerprint density at radius 3 is 2.74 bits per heavy atom. The van der Waals surface area contributed by atoms with Gasteiger partial charge in [-0.05, 0) is 43.7 Å². The summed E-state index contributed by atoms with van der Waals surface area (Å²) in [4.78, 5) is 11.7. The van der Waals surface area contributed by atoms with E-state index in [1.54, 1.807) is 6.08 Å². The molecule has 19 heavy (non-hydrogen) atoms. The number of aryl methyl sites for hydroxylation is 1. The quantitative estimate of drug-likeness (QED) is 0.815. The Balaban J connectivity index is 1.76. The zero-order valence-corrected chi connectivity index (χ0v) is 11.3. The van der Waals surface area contributed by atoms with Gasteiger partial charge in [-0.1, -0.05) is 29.8 Å². The molecule has 1 aromatic rings. The molecule has 2 unspecified atom stereocenters. The van der Waals surface area contributed by atoms with Crippen molar-refractivity contribution in [3.05, 3.63) is 41.5 Å². The summed E-state index contributed by atoms with van der Waals surface area (Å²) in [6, 6.07) is 8.04. The average molecular weight is 259 g/mol. The molecule has 102 valence electrons. The third-order valence-corrected chi connectivity index (χ3v) is 3.58. The second kappa shape index (κ2) is 6.53. The van der Waals surface area contributed by atoms with Crippen LogP contribution in [0.1, 0.15) is 30.4 Å². The molecule has 0 saturated heterocycles. The fourth-order valence-electron chi connectivity index (χ4n) is 2.39. The lowest BCUT2D eigenvalue weighted by Gasteiger charge is -2.09. The maximum absolute atomic E-state index is 11.7. The molecule has 2 rings (SSSR count). The number of amides is 1. The maximum Gasteiger partial charge on any atom is 0.244 e. The molecular weight excluding hydrogens is 238 g/mol. The minimum absolute atomic E-state index is 0.0676. The van der Waals surface area contributed by atoms with E-state index in [1.165, 1.54) is 5.56 Å². The van der Waals surface area contributed by atoms with Gasteiger partial charge in [0.1, 0.15) is 0 Å². The van der Waals surface area contributed by atoms with E-state index in [0.29, 0.717) is 12.5 Å². The summed E-state index contributed by atoms with van der Waals surface area (Å²) in [6.45, 7) is 2.70. The molecule has 0 aromatic heterocycles. The predicted octanol–water partition coefficient (Wildman–Crippen LogP) is 2.29. The van der Waals surface area contributed by atoms with Crippen LogP contribution < -0.4 is 5.32 Å². The van der Waals surface area contributed by atoms with Crippen molar-refractivity contribution in [1.29, 1.82) is 0 Å². The Morgan fingerprint density at radius 2 is 2.11 bits per heavy atom. The van der Waals surface area contributed by atoms with Gasteiger partial charge in [0, 0.05) is 12.6 Å². The van der Waals surface area contributed by atoms with Gasteiger partial charge in [-0.2, -0.15) is 0 Å². The van der Waals surface area contributed by atoms with E-state index in [1.807, 2.05) is 37.3 Å². The summed E-state index contributed by atoms with van der Waals surface area (Å²) in [6.07, 6.45) is 5.88. The Kier molecular flexibility index (Phi) is 4.74. The van der Waals surface area contributed by atoms with Crippen LogP contribution in [0.5, 0.6) is 0 Å². The molecule has 1 aromatic carbocycles. The van der Waals surface area contributed by atoms with Gasteiger partial charge in [-0.3, -0.25) is 4.79 Å². The predicted molar refractivity (Wildman–Crippen MR) is 76.6 cm³/mol. The van der Waals surface area contributed by atoms with Gasteiger partial charge >= 0.3 is 0 Å². The third kappa shape index (κ3) is 4.52. The molecule has 0 aliphatic heterocycles. The van der Waals surface area contributed by atoms with Crippen LogP contribution in [0.2, 0.25) is 0 Å². The van der Waals surface area contributed by atoms with Crippen LogP contribution in [-0.4, -0.2) is 23.7 Å². The average Bonchev–Trinajstić information content (AvgIpc) is 2.81. The summed E-state index contributed by atoms with van der Waals surface area (Å²) < 4.78 is 0. The minimum atomic E-state index is -0.176. The smallest absolute Gasteiger partial charge is 0.244 e. The first-order chi connectivity index (χ1) is 9.13. The first kappa shape index (κ1) is 13.8. The summed E-state index contributed by atoms with van der Waals surface area (Å²) in [5.74, 6) is 0.355. The van der Waals surface area contributed by atoms with Gasteiger partial charge in [0.15, 0.2) is 0 Å². The largest absolute Gasteiger partial charge is 0.393 e. The third-order valence-electron chi connectivity index (χ3n) is 3.58. The van der Waals surface area contributed by atoms with E-state index >= 15 is 0 Å². The van der Waals surface area contributed by atoms with Crippen molar-refractivity contribution in [3.8, 4) is 0 Å². The summed E-state index contributed by atoms with van der Waals surface area (Å²) in [5, 5.41) is 12.3. The normalized spacial score (nSPS) is 22.8. The molecule has 0 heterocycles. The molecule has 0 spiro atoms. The Labute approximate surface area is 114 Å². The van der Waals surface area contributed by atoms with Crippen molar-refractivity contribution in [3.63, 3.8) is 0 Å². The molecule has 1 aliphatic carbocycles. The van der Waals surface area contributed by atoms with Gasteiger partial charge in [0.2, 0.25) is 5.91 Å². The van der Waals surface area contributed by atoms with Gasteiger partial charge in [-0.25, -0.2) is 0 Å². The second-order valence-electron chi connectivity index (χ2n) is 5.32. The van der Waals surface area contributed by atoms with Crippen LogP contribution in [0, 0.1) is 12.8 Å². The number of carbonyl (C=O) groups excluding carboxylic acids is 1. The lowest BCUT2D eigenvalue weighted by molar-refractivity contribution is -0.116. The van der Waals surface area contributed by atoms with E-state index in [9.17, 15) is 9.90 Å². The molecule has 1 aliphatic rings. The molecule has 0 radical (unpaired) electrons. The lowest BCUT2D eigenvalue weighted by Crippen LogP contribution is -2.26. The van der Waals surface area contributed by atoms with Gasteiger partial charge in [-0.15, -0.1) is 0 Å². The van der Waals surface area contributed by atoms with E-state index < -0.39 is 0 Å². The fourth-order valence-corrected chi connectivity index (χ4v) is 2.39. The highest BCUT2D eigenvalue weighted by Crippen LogP contribution is 2.24. The van der Waals surface area contributed by atoms with E-state index in [4.69, 9.17) is 0 Å². The number of aliphatic hydroxyl groups excluding tert-OH is 1. The standard InChI is InChI=1S/C16H21NO2/c1-12-2-4-13(5-3-12)7-9-16(19)17-11-14-6-8-15(18)10-14/h2-5,7,9,14-15,18H,6,8,10-11H2,1H3,(H,17,19)/b9-7+. The molecular formula is C16H21NO2. The van der Waals surface area contributed by atoms with E-state index in [2.05, 4.69) is 5.32 Å². The SMILES string of the molecule is Cc1ccc(/C=C/C(=O)NCC2CCC(O)C2)cc1.